The number of morpholine rings is 1. The Balaban J connectivity index is 1.62. The van der Waals surface area contributed by atoms with Crippen LogP contribution >= 0.6 is 22.9 Å². The molecular weight excluding hydrogens is 470 g/mol. The molecule has 3 aromatic rings. The van der Waals surface area contributed by atoms with E-state index in [0.717, 1.165) is 10.2 Å². The number of hydrogen-bond donors (Lipinski definition) is 0. The molecule has 0 spiro atoms. The highest BCUT2D eigenvalue weighted by Crippen LogP contribution is 2.23. The van der Waals surface area contributed by atoms with Gasteiger partial charge >= 0.3 is 0 Å². The van der Waals surface area contributed by atoms with Gasteiger partial charge in [-0.1, -0.05) is 22.9 Å². The van der Waals surface area contributed by atoms with Gasteiger partial charge in [0.1, 0.15) is 0 Å². The molecule has 0 aliphatic carbocycles. The van der Waals surface area contributed by atoms with Crippen molar-refractivity contribution in [3.05, 3.63) is 57.9 Å². The summed E-state index contributed by atoms with van der Waals surface area (Å²) in [7, 11) is -3.66. The normalized spacial score (nSPS) is 20.7. The number of rotatable bonds is 4. The van der Waals surface area contributed by atoms with Crippen LogP contribution in [0.1, 0.15) is 31.1 Å². The molecule has 1 saturated heterocycles. The Hall–Kier alpha value is -2.04. The van der Waals surface area contributed by atoms with Crippen LogP contribution in [0.25, 0.3) is 10.2 Å². The summed E-state index contributed by atoms with van der Waals surface area (Å²) in [6.07, 6.45) is -0.343. The van der Waals surface area contributed by atoms with E-state index in [-0.39, 0.29) is 17.1 Å². The molecule has 0 radical (unpaired) electrons. The Kier molecular flexibility index (Phi) is 6.56. The van der Waals surface area contributed by atoms with Crippen molar-refractivity contribution in [2.24, 2.45) is 4.99 Å². The number of hydrogen-bond acceptors (Lipinski definition) is 5. The zero-order valence-corrected chi connectivity index (χ0v) is 20.4. The number of nitrogens with zero attached hydrogens (tertiary/aromatic N) is 3. The number of ether oxygens (including phenoxy) is 1. The Morgan fingerprint density at radius 3 is 2.44 bits per heavy atom. The summed E-state index contributed by atoms with van der Waals surface area (Å²) in [4.78, 5) is 17.8. The van der Waals surface area contributed by atoms with Crippen LogP contribution in [0.3, 0.4) is 0 Å². The van der Waals surface area contributed by atoms with Crippen molar-refractivity contribution in [2.75, 3.05) is 13.1 Å². The number of thiazole rings is 1. The van der Waals surface area contributed by atoms with E-state index in [1.54, 1.807) is 0 Å². The highest BCUT2D eigenvalue weighted by atomic mass is 35.5. The lowest BCUT2D eigenvalue weighted by molar-refractivity contribution is -0.0440. The predicted molar refractivity (Wildman–Crippen MR) is 126 cm³/mol. The summed E-state index contributed by atoms with van der Waals surface area (Å²) in [6, 6.07) is 11.5. The molecule has 0 bridgehead atoms. The summed E-state index contributed by atoms with van der Waals surface area (Å²) in [5.74, 6) is -0.428. The molecule has 1 aromatic heterocycles. The molecule has 10 heteroatoms. The van der Waals surface area contributed by atoms with Crippen LogP contribution in [0.5, 0.6) is 0 Å². The van der Waals surface area contributed by atoms with Crippen molar-refractivity contribution < 1.29 is 17.9 Å². The number of sulfonamides is 1. The average molecular weight is 494 g/mol. The first-order chi connectivity index (χ1) is 15.2. The lowest BCUT2D eigenvalue weighted by atomic mass is 10.2. The van der Waals surface area contributed by atoms with E-state index in [1.807, 2.05) is 43.5 Å². The van der Waals surface area contributed by atoms with Gasteiger partial charge in [-0.25, -0.2) is 8.42 Å². The van der Waals surface area contributed by atoms with Gasteiger partial charge in [0.2, 0.25) is 10.0 Å². The number of fused-ring (bicyclic) bond motifs is 1. The molecule has 1 aliphatic rings. The maximum atomic E-state index is 13.0. The van der Waals surface area contributed by atoms with E-state index in [2.05, 4.69) is 4.99 Å². The van der Waals surface area contributed by atoms with Gasteiger partial charge in [0.05, 0.1) is 27.3 Å². The molecular formula is C22H24ClN3O4S2. The van der Waals surface area contributed by atoms with Crippen LogP contribution in [-0.4, -0.2) is 48.5 Å². The number of carbonyl (C=O) groups excluding carboxylic acids is 1. The summed E-state index contributed by atoms with van der Waals surface area (Å²) in [6.45, 7) is 6.95. The van der Waals surface area contributed by atoms with Crippen LogP contribution in [0.15, 0.2) is 52.4 Å². The largest absolute Gasteiger partial charge is 0.373 e. The topological polar surface area (TPSA) is 81.0 Å². The van der Waals surface area contributed by atoms with E-state index in [9.17, 15) is 13.2 Å². The fourth-order valence-corrected chi connectivity index (χ4v) is 6.79. The van der Waals surface area contributed by atoms with Crippen molar-refractivity contribution in [2.45, 2.75) is 44.4 Å². The lowest BCUT2D eigenvalue weighted by Gasteiger charge is -2.34. The van der Waals surface area contributed by atoms with Crippen LogP contribution < -0.4 is 4.80 Å². The summed E-state index contributed by atoms with van der Waals surface area (Å²) < 4.78 is 36.0. The highest BCUT2D eigenvalue weighted by molar-refractivity contribution is 7.89. The van der Waals surface area contributed by atoms with Gasteiger partial charge in [0.25, 0.3) is 5.91 Å². The maximum Gasteiger partial charge on any atom is 0.279 e. The monoisotopic (exact) mass is 493 g/mol. The smallest absolute Gasteiger partial charge is 0.279 e. The molecule has 32 heavy (non-hydrogen) atoms. The average Bonchev–Trinajstić information content (AvgIpc) is 3.08. The molecule has 2 aromatic carbocycles. The first-order valence-corrected chi connectivity index (χ1v) is 13.0. The third-order valence-corrected chi connectivity index (χ3v) is 8.41. The van der Waals surface area contributed by atoms with E-state index < -0.39 is 15.9 Å². The molecule has 4 rings (SSSR count). The number of halogens is 1. The molecule has 1 fully saturated rings. The first-order valence-electron chi connectivity index (χ1n) is 10.3. The first kappa shape index (κ1) is 23.1. The molecule has 0 saturated carbocycles. The third kappa shape index (κ3) is 4.53. The summed E-state index contributed by atoms with van der Waals surface area (Å²) >= 11 is 7.48. The minimum atomic E-state index is -3.66. The van der Waals surface area contributed by atoms with E-state index in [4.69, 9.17) is 16.3 Å². The molecule has 1 aliphatic heterocycles. The van der Waals surface area contributed by atoms with E-state index in [0.29, 0.717) is 35.0 Å². The quantitative estimate of drug-likeness (QED) is 0.551. The molecule has 170 valence electrons. The fraction of sp³-hybridized carbons (Fsp3) is 0.364. The lowest BCUT2D eigenvalue weighted by Crippen LogP contribution is -2.48. The van der Waals surface area contributed by atoms with Crippen molar-refractivity contribution in [1.82, 2.24) is 8.87 Å². The molecule has 2 atom stereocenters. The Morgan fingerprint density at radius 1 is 1.16 bits per heavy atom. The summed E-state index contributed by atoms with van der Waals surface area (Å²) in [5, 5.41) is 0.626. The number of aryl methyl sites for hydroxylation is 1. The third-order valence-electron chi connectivity index (χ3n) is 5.28. The summed E-state index contributed by atoms with van der Waals surface area (Å²) in [5.41, 5.74) is 1.29. The number of amides is 1. The molecule has 0 N–H and O–H groups in total. The van der Waals surface area contributed by atoms with Crippen molar-refractivity contribution in [1.29, 1.82) is 0 Å². The van der Waals surface area contributed by atoms with Gasteiger partial charge in [-0.3, -0.25) is 4.79 Å². The molecule has 2 heterocycles. The highest BCUT2D eigenvalue weighted by Gasteiger charge is 2.32. The van der Waals surface area contributed by atoms with Crippen molar-refractivity contribution in [3.63, 3.8) is 0 Å². The Labute approximate surface area is 196 Å². The van der Waals surface area contributed by atoms with Crippen LogP contribution in [0.2, 0.25) is 5.02 Å². The second kappa shape index (κ2) is 9.07. The SMILES string of the molecule is CCn1c(=NC(=O)c2ccc(S(=O)(=O)N3C[C@@H](C)O[C@H](C)C3)cc2)sc2cc(Cl)ccc21. The zero-order valence-electron chi connectivity index (χ0n) is 18.0. The zero-order chi connectivity index (χ0) is 23.0. The van der Waals surface area contributed by atoms with Gasteiger partial charge in [0.15, 0.2) is 4.80 Å². The minimum Gasteiger partial charge on any atom is -0.373 e. The van der Waals surface area contributed by atoms with Crippen LogP contribution in [-0.2, 0) is 21.3 Å². The van der Waals surface area contributed by atoms with Gasteiger partial charge < -0.3 is 9.30 Å². The fourth-order valence-electron chi connectivity index (χ4n) is 3.83. The number of aromatic nitrogens is 1. The second-order valence-corrected chi connectivity index (χ2v) is 11.1. The standard InChI is InChI=1S/C22H24ClN3O4S2/c1-4-26-19-10-7-17(23)11-20(19)31-22(26)24-21(27)16-5-8-18(9-6-16)32(28,29)25-12-14(2)30-15(3)13-25/h5-11,14-15H,4,12-13H2,1-3H3/t14-,15-/m1/s1. The molecule has 7 nitrogen and oxygen atoms in total. The number of carbonyl (C=O) groups is 1. The van der Waals surface area contributed by atoms with Gasteiger partial charge in [-0.05, 0) is 63.2 Å². The van der Waals surface area contributed by atoms with Crippen LogP contribution in [0, 0.1) is 0 Å². The number of benzene rings is 2. The second-order valence-electron chi connectivity index (χ2n) is 7.76. The maximum absolute atomic E-state index is 13.0. The van der Waals surface area contributed by atoms with Gasteiger partial charge in [-0.2, -0.15) is 9.30 Å². The van der Waals surface area contributed by atoms with Crippen LogP contribution in [0.4, 0.5) is 0 Å². The van der Waals surface area contributed by atoms with E-state index in [1.165, 1.54) is 39.9 Å². The van der Waals surface area contributed by atoms with Gasteiger partial charge in [-0.15, -0.1) is 0 Å². The van der Waals surface area contributed by atoms with E-state index >= 15 is 0 Å². The Morgan fingerprint density at radius 2 is 1.81 bits per heavy atom. The minimum absolute atomic E-state index is 0.149. The predicted octanol–water partition coefficient (Wildman–Crippen LogP) is 3.92. The Bertz CT molecular complexity index is 1320. The van der Waals surface area contributed by atoms with Crippen molar-refractivity contribution in [3.8, 4) is 0 Å². The molecule has 0 unspecified atom stereocenters. The molecule has 1 amide bonds. The van der Waals surface area contributed by atoms with Crippen molar-refractivity contribution >= 4 is 49.1 Å². The van der Waals surface area contributed by atoms with Gasteiger partial charge in [0, 0.05) is 30.2 Å².